The Morgan fingerprint density at radius 3 is 2.62 bits per heavy atom. The van der Waals surface area contributed by atoms with E-state index in [0.717, 1.165) is 11.6 Å². The molecule has 0 radical (unpaired) electrons. The van der Waals surface area contributed by atoms with E-state index in [4.69, 9.17) is 19.3 Å². The molecule has 1 aromatic carbocycles. The quantitative estimate of drug-likeness (QED) is 0.560. The van der Waals surface area contributed by atoms with Crippen LogP contribution in [0.5, 0.6) is 11.5 Å². The van der Waals surface area contributed by atoms with Crippen molar-refractivity contribution in [3.63, 3.8) is 0 Å². The Kier molecular flexibility index (Phi) is 7.32. The summed E-state index contributed by atoms with van der Waals surface area (Å²) in [6.45, 7) is 7.26. The molecule has 0 unspecified atom stereocenters. The highest BCUT2D eigenvalue weighted by molar-refractivity contribution is 5.85. The van der Waals surface area contributed by atoms with Crippen LogP contribution in [0.4, 0.5) is 0 Å². The average Bonchev–Trinajstić information content (AvgIpc) is 2.43. The second kappa shape index (κ2) is 9.02. The van der Waals surface area contributed by atoms with Crippen LogP contribution in [0.3, 0.4) is 0 Å². The van der Waals surface area contributed by atoms with Crippen molar-refractivity contribution in [3.8, 4) is 11.5 Å². The van der Waals surface area contributed by atoms with Gasteiger partial charge in [0.25, 0.3) is 0 Å². The van der Waals surface area contributed by atoms with Gasteiger partial charge in [0.05, 0.1) is 19.3 Å². The zero-order valence-corrected chi connectivity index (χ0v) is 12.7. The number of aliphatic carboxylic acids is 1. The largest absolute Gasteiger partial charge is 0.490 e. The van der Waals surface area contributed by atoms with E-state index >= 15 is 0 Å². The summed E-state index contributed by atoms with van der Waals surface area (Å²) < 4.78 is 16.6. The summed E-state index contributed by atoms with van der Waals surface area (Å²) in [4.78, 5) is 10.5. The zero-order valence-electron chi connectivity index (χ0n) is 12.7. The van der Waals surface area contributed by atoms with Crippen molar-refractivity contribution in [1.29, 1.82) is 0 Å². The number of hydrogen-bond acceptors (Lipinski definition) is 4. The molecule has 1 rings (SSSR count). The summed E-state index contributed by atoms with van der Waals surface area (Å²) in [6, 6.07) is 5.30. The maximum atomic E-state index is 10.5. The summed E-state index contributed by atoms with van der Waals surface area (Å²) in [5, 5.41) is 8.63. The maximum Gasteiger partial charge on any atom is 0.328 e. The van der Waals surface area contributed by atoms with Gasteiger partial charge in [-0.3, -0.25) is 0 Å². The molecular weight excluding hydrogens is 272 g/mol. The van der Waals surface area contributed by atoms with E-state index in [-0.39, 0.29) is 6.10 Å². The van der Waals surface area contributed by atoms with Crippen molar-refractivity contribution in [3.05, 3.63) is 29.8 Å². The van der Waals surface area contributed by atoms with E-state index in [1.165, 1.54) is 6.08 Å². The van der Waals surface area contributed by atoms with Gasteiger partial charge in [-0.25, -0.2) is 4.79 Å². The highest BCUT2D eigenvalue weighted by Crippen LogP contribution is 2.29. The number of ether oxygens (including phenoxy) is 3. The van der Waals surface area contributed by atoms with Crippen molar-refractivity contribution < 1.29 is 24.1 Å². The molecule has 1 aromatic rings. The smallest absolute Gasteiger partial charge is 0.328 e. The number of rotatable bonds is 9. The van der Waals surface area contributed by atoms with Gasteiger partial charge < -0.3 is 19.3 Å². The fourth-order valence-electron chi connectivity index (χ4n) is 1.62. The van der Waals surface area contributed by atoms with Gasteiger partial charge in [-0.15, -0.1) is 0 Å². The van der Waals surface area contributed by atoms with Crippen molar-refractivity contribution in [2.75, 3.05) is 19.8 Å². The molecule has 0 heterocycles. The van der Waals surface area contributed by atoms with Crippen molar-refractivity contribution in [1.82, 2.24) is 0 Å². The summed E-state index contributed by atoms with van der Waals surface area (Å²) in [6.07, 6.45) is 2.77. The second-order valence-electron chi connectivity index (χ2n) is 4.58. The number of carbonyl (C=O) groups is 1. The molecule has 0 atom stereocenters. The summed E-state index contributed by atoms with van der Waals surface area (Å²) >= 11 is 0. The molecule has 0 saturated carbocycles. The Labute approximate surface area is 125 Å². The van der Waals surface area contributed by atoms with Gasteiger partial charge in [-0.1, -0.05) is 6.07 Å². The van der Waals surface area contributed by atoms with Crippen LogP contribution in [0.1, 0.15) is 26.3 Å². The molecule has 0 saturated heterocycles. The lowest BCUT2D eigenvalue weighted by Gasteiger charge is -2.13. The standard InChI is InChI=1S/C16H22O5/c1-4-19-15-11-13(6-8-16(17)18)5-7-14(15)21-10-9-20-12(2)3/h5-8,11-12H,4,9-10H2,1-3H3,(H,17,18). The van der Waals surface area contributed by atoms with E-state index in [1.54, 1.807) is 18.2 Å². The zero-order chi connectivity index (χ0) is 15.7. The predicted octanol–water partition coefficient (Wildman–Crippen LogP) is 2.99. The lowest BCUT2D eigenvalue weighted by molar-refractivity contribution is -0.131. The summed E-state index contributed by atoms with van der Waals surface area (Å²) in [7, 11) is 0. The first-order valence-corrected chi connectivity index (χ1v) is 6.95. The fraction of sp³-hybridized carbons (Fsp3) is 0.438. The summed E-state index contributed by atoms with van der Waals surface area (Å²) in [5.41, 5.74) is 0.742. The fourth-order valence-corrected chi connectivity index (χ4v) is 1.62. The molecule has 5 heteroatoms. The molecule has 0 bridgehead atoms. The van der Waals surface area contributed by atoms with Crippen LogP contribution in [0.25, 0.3) is 6.08 Å². The van der Waals surface area contributed by atoms with E-state index < -0.39 is 5.97 Å². The van der Waals surface area contributed by atoms with Crippen LogP contribution in [0.15, 0.2) is 24.3 Å². The van der Waals surface area contributed by atoms with Gasteiger partial charge in [0.2, 0.25) is 0 Å². The number of hydrogen-bond donors (Lipinski definition) is 1. The number of carboxylic acids is 1. The van der Waals surface area contributed by atoms with Gasteiger partial charge in [0, 0.05) is 6.08 Å². The Hall–Kier alpha value is -2.01. The summed E-state index contributed by atoms with van der Waals surface area (Å²) in [5.74, 6) is 0.227. The molecule has 0 aromatic heterocycles. The van der Waals surface area contributed by atoms with E-state index in [1.807, 2.05) is 20.8 Å². The predicted molar refractivity (Wildman–Crippen MR) is 80.9 cm³/mol. The lowest BCUT2D eigenvalue weighted by Crippen LogP contribution is -2.11. The SMILES string of the molecule is CCOc1cc(C=CC(=O)O)ccc1OCCOC(C)C. The molecule has 0 aliphatic heterocycles. The van der Waals surface area contributed by atoms with Crippen molar-refractivity contribution in [2.45, 2.75) is 26.9 Å². The molecular formula is C16H22O5. The highest BCUT2D eigenvalue weighted by Gasteiger charge is 2.06. The second-order valence-corrected chi connectivity index (χ2v) is 4.58. The minimum absolute atomic E-state index is 0.170. The topological polar surface area (TPSA) is 65.0 Å². The maximum absolute atomic E-state index is 10.5. The van der Waals surface area contributed by atoms with Crippen LogP contribution in [-0.2, 0) is 9.53 Å². The normalized spacial score (nSPS) is 11.0. The van der Waals surface area contributed by atoms with Gasteiger partial charge in [-0.2, -0.15) is 0 Å². The Balaban J connectivity index is 2.72. The van der Waals surface area contributed by atoms with Crippen LogP contribution in [0, 0.1) is 0 Å². The van der Waals surface area contributed by atoms with Crippen molar-refractivity contribution >= 4 is 12.0 Å². The first-order chi connectivity index (χ1) is 10.0. The Morgan fingerprint density at radius 1 is 1.24 bits per heavy atom. The van der Waals surface area contributed by atoms with E-state index in [9.17, 15) is 4.79 Å². The molecule has 0 fully saturated rings. The number of benzene rings is 1. The molecule has 0 aliphatic rings. The lowest BCUT2D eigenvalue weighted by atomic mass is 10.2. The Morgan fingerprint density at radius 2 is 2.00 bits per heavy atom. The van der Waals surface area contributed by atoms with Gasteiger partial charge >= 0.3 is 5.97 Å². The molecule has 5 nitrogen and oxygen atoms in total. The van der Waals surface area contributed by atoms with E-state index in [0.29, 0.717) is 31.3 Å². The molecule has 0 amide bonds. The third-order valence-electron chi connectivity index (χ3n) is 2.48. The van der Waals surface area contributed by atoms with Crippen LogP contribution in [0.2, 0.25) is 0 Å². The molecule has 0 aliphatic carbocycles. The first-order valence-electron chi connectivity index (χ1n) is 6.95. The van der Waals surface area contributed by atoms with Gasteiger partial charge in [0.1, 0.15) is 6.61 Å². The highest BCUT2D eigenvalue weighted by atomic mass is 16.5. The molecule has 21 heavy (non-hydrogen) atoms. The molecule has 1 N–H and O–H groups in total. The van der Waals surface area contributed by atoms with Crippen LogP contribution >= 0.6 is 0 Å². The average molecular weight is 294 g/mol. The van der Waals surface area contributed by atoms with Crippen LogP contribution in [-0.4, -0.2) is 37.0 Å². The van der Waals surface area contributed by atoms with E-state index in [2.05, 4.69) is 0 Å². The monoisotopic (exact) mass is 294 g/mol. The minimum Gasteiger partial charge on any atom is -0.490 e. The third kappa shape index (κ3) is 6.81. The van der Waals surface area contributed by atoms with Gasteiger partial charge in [-0.05, 0) is 44.5 Å². The minimum atomic E-state index is -0.987. The third-order valence-corrected chi connectivity index (χ3v) is 2.48. The number of carboxylic acid groups (broad SMARTS) is 1. The molecule has 0 spiro atoms. The first kappa shape index (κ1) is 17.0. The van der Waals surface area contributed by atoms with Crippen molar-refractivity contribution in [2.24, 2.45) is 0 Å². The Bertz CT molecular complexity index is 480. The molecule has 116 valence electrons. The van der Waals surface area contributed by atoms with Gasteiger partial charge in [0.15, 0.2) is 11.5 Å². The van der Waals surface area contributed by atoms with Crippen LogP contribution < -0.4 is 9.47 Å².